The summed E-state index contributed by atoms with van der Waals surface area (Å²) in [6, 6.07) is 7.04. The number of hydrogen-bond donors (Lipinski definition) is 0. The fourth-order valence-corrected chi connectivity index (χ4v) is 3.47. The van der Waals surface area contributed by atoms with Crippen molar-refractivity contribution in [1.29, 1.82) is 0 Å². The van der Waals surface area contributed by atoms with Gasteiger partial charge in [0.05, 0.1) is 5.75 Å². The smallest absolute Gasteiger partial charge is 0.277 e. The number of carbonyl (C=O) groups excluding carboxylic acids is 1. The van der Waals surface area contributed by atoms with Gasteiger partial charge in [0.15, 0.2) is 6.61 Å². The second kappa shape index (κ2) is 8.58. The molecule has 134 valence electrons. The van der Waals surface area contributed by atoms with Gasteiger partial charge in [-0.15, -0.1) is 10.2 Å². The number of piperidine rings is 1. The zero-order chi connectivity index (χ0) is 17.6. The van der Waals surface area contributed by atoms with Gasteiger partial charge < -0.3 is 14.1 Å². The van der Waals surface area contributed by atoms with Crippen LogP contribution in [0.4, 0.5) is 0 Å². The molecule has 1 atom stereocenters. The summed E-state index contributed by atoms with van der Waals surface area (Å²) in [5, 5.41) is 8.92. The number of halogens is 1. The van der Waals surface area contributed by atoms with E-state index < -0.39 is 0 Å². The van der Waals surface area contributed by atoms with Crippen LogP contribution >= 0.6 is 23.4 Å². The summed E-state index contributed by atoms with van der Waals surface area (Å²) in [7, 11) is 0. The van der Waals surface area contributed by atoms with Crippen LogP contribution in [0.25, 0.3) is 0 Å². The fraction of sp³-hybridized carbons (Fsp3) is 0.471. The third-order valence-corrected chi connectivity index (χ3v) is 5.01. The largest absolute Gasteiger partial charge is 0.484 e. The molecule has 8 heteroatoms. The molecule has 1 saturated heterocycles. The fourth-order valence-electron chi connectivity index (χ4n) is 2.66. The Labute approximate surface area is 155 Å². The van der Waals surface area contributed by atoms with Crippen LogP contribution < -0.4 is 4.74 Å². The summed E-state index contributed by atoms with van der Waals surface area (Å²) in [6.45, 7) is 4.03. The van der Waals surface area contributed by atoms with Crippen LogP contribution in [0.1, 0.15) is 25.7 Å². The highest BCUT2D eigenvalue weighted by atomic mass is 35.5. The lowest BCUT2D eigenvalue weighted by molar-refractivity contribution is -0.130. The lowest BCUT2D eigenvalue weighted by Crippen LogP contribution is -2.40. The number of aromatic nitrogens is 2. The van der Waals surface area contributed by atoms with E-state index in [2.05, 4.69) is 17.1 Å². The first-order valence-corrected chi connectivity index (χ1v) is 9.58. The van der Waals surface area contributed by atoms with E-state index in [1.165, 1.54) is 18.2 Å². The minimum Gasteiger partial charge on any atom is -0.484 e. The predicted molar refractivity (Wildman–Crippen MR) is 95.8 cm³/mol. The molecule has 3 rings (SSSR count). The van der Waals surface area contributed by atoms with Crippen LogP contribution in [0.15, 0.2) is 33.9 Å². The van der Waals surface area contributed by atoms with Gasteiger partial charge in [-0.2, -0.15) is 0 Å². The molecule has 0 bridgehead atoms. The van der Waals surface area contributed by atoms with Gasteiger partial charge in [0.2, 0.25) is 5.91 Å². The van der Waals surface area contributed by atoms with Crippen molar-refractivity contribution in [2.45, 2.75) is 31.6 Å². The van der Waals surface area contributed by atoms with E-state index >= 15 is 0 Å². The van der Waals surface area contributed by atoms with E-state index in [1.807, 2.05) is 4.90 Å². The van der Waals surface area contributed by atoms with Crippen LogP contribution in [0.2, 0.25) is 5.02 Å². The molecule has 2 heterocycles. The molecule has 1 fully saturated rings. The predicted octanol–water partition coefficient (Wildman–Crippen LogP) is 3.65. The summed E-state index contributed by atoms with van der Waals surface area (Å²) in [4.78, 5) is 14.2. The Balaban J connectivity index is 1.45. The topological polar surface area (TPSA) is 68.5 Å². The van der Waals surface area contributed by atoms with E-state index in [0.29, 0.717) is 33.6 Å². The quantitative estimate of drug-likeness (QED) is 0.711. The number of likely N-dealkylation sites (tertiary alicyclic amines) is 1. The normalized spacial score (nSPS) is 17.5. The van der Waals surface area contributed by atoms with Crippen molar-refractivity contribution in [3.05, 3.63) is 35.2 Å². The molecule has 0 spiro atoms. The maximum Gasteiger partial charge on any atom is 0.277 e. The summed E-state index contributed by atoms with van der Waals surface area (Å²) in [5.74, 6) is 2.05. The van der Waals surface area contributed by atoms with E-state index in [0.717, 1.165) is 19.5 Å². The zero-order valence-electron chi connectivity index (χ0n) is 14.0. The van der Waals surface area contributed by atoms with E-state index in [9.17, 15) is 4.79 Å². The van der Waals surface area contributed by atoms with Crippen LogP contribution in [-0.4, -0.2) is 39.8 Å². The first kappa shape index (κ1) is 18.1. The standard InChI is InChI=1S/C17H20ClN3O3S/c1-12-3-2-8-21(9-12)16(22)11-25-17-20-19-15(24-17)10-23-14-6-4-13(18)5-7-14/h4-7,12H,2-3,8-11H2,1H3/t12-/m1/s1. The molecular formula is C17H20ClN3O3S. The number of benzene rings is 1. The van der Waals surface area contributed by atoms with Crippen molar-refractivity contribution in [3.63, 3.8) is 0 Å². The molecule has 25 heavy (non-hydrogen) atoms. The van der Waals surface area contributed by atoms with Crippen molar-refractivity contribution in [1.82, 2.24) is 15.1 Å². The number of hydrogen-bond acceptors (Lipinski definition) is 6. The highest BCUT2D eigenvalue weighted by Gasteiger charge is 2.21. The minimum atomic E-state index is 0.119. The molecule has 0 N–H and O–H groups in total. The molecule has 0 unspecified atom stereocenters. The average Bonchev–Trinajstić information content (AvgIpc) is 3.07. The molecule has 1 aliphatic heterocycles. The van der Waals surface area contributed by atoms with Gasteiger partial charge in [0.25, 0.3) is 11.1 Å². The Morgan fingerprint density at radius 2 is 2.20 bits per heavy atom. The van der Waals surface area contributed by atoms with Gasteiger partial charge in [-0.05, 0) is 43.0 Å². The van der Waals surface area contributed by atoms with Gasteiger partial charge >= 0.3 is 0 Å². The molecule has 2 aromatic rings. The molecule has 0 radical (unpaired) electrons. The second-order valence-electron chi connectivity index (χ2n) is 6.08. The van der Waals surface area contributed by atoms with Crippen LogP contribution in [0.5, 0.6) is 5.75 Å². The molecule has 0 saturated carbocycles. The molecule has 0 aliphatic carbocycles. The van der Waals surface area contributed by atoms with E-state index in [1.54, 1.807) is 24.3 Å². The van der Waals surface area contributed by atoms with E-state index in [-0.39, 0.29) is 12.5 Å². The number of rotatable bonds is 6. The molecule has 6 nitrogen and oxygen atoms in total. The Bertz CT molecular complexity index is 707. The minimum absolute atomic E-state index is 0.119. The lowest BCUT2D eigenvalue weighted by atomic mass is 10.0. The first-order chi connectivity index (χ1) is 12.1. The number of thioether (sulfide) groups is 1. The second-order valence-corrected chi connectivity index (χ2v) is 7.44. The van der Waals surface area contributed by atoms with Crippen LogP contribution in [-0.2, 0) is 11.4 Å². The first-order valence-electron chi connectivity index (χ1n) is 8.21. The third kappa shape index (κ3) is 5.37. The van der Waals surface area contributed by atoms with Crippen molar-refractivity contribution in [3.8, 4) is 5.75 Å². The van der Waals surface area contributed by atoms with E-state index in [4.69, 9.17) is 20.8 Å². The zero-order valence-corrected chi connectivity index (χ0v) is 15.6. The summed E-state index contributed by atoms with van der Waals surface area (Å²) >= 11 is 7.09. The maximum atomic E-state index is 12.2. The van der Waals surface area contributed by atoms with Gasteiger partial charge in [-0.1, -0.05) is 30.3 Å². The SMILES string of the molecule is C[C@@H]1CCCN(C(=O)CSc2nnc(COc3ccc(Cl)cc3)o2)C1. The molecule has 1 aromatic heterocycles. The Hall–Kier alpha value is -1.73. The van der Waals surface area contributed by atoms with Gasteiger partial charge in [0, 0.05) is 18.1 Å². The highest BCUT2D eigenvalue weighted by Crippen LogP contribution is 2.21. The van der Waals surface area contributed by atoms with Crippen LogP contribution in [0, 0.1) is 5.92 Å². The lowest BCUT2D eigenvalue weighted by Gasteiger charge is -2.30. The molecule has 1 amide bonds. The third-order valence-electron chi connectivity index (χ3n) is 3.95. The van der Waals surface area contributed by atoms with Crippen molar-refractivity contribution in [2.75, 3.05) is 18.8 Å². The maximum absolute atomic E-state index is 12.2. The van der Waals surface area contributed by atoms with Gasteiger partial charge in [0.1, 0.15) is 5.75 Å². The van der Waals surface area contributed by atoms with Crippen molar-refractivity contribution >= 4 is 29.3 Å². The monoisotopic (exact) mass is 381 g/mol. The molecule has 1 aromatic carbocycles. The van der Waals surface area contributed by atoms with Crippen molar-refractivity contribution in [2.24, 2.45) is 5.92 Å². The Morgan fingerprint density at radius 1 is 1.40 bits per heavy atom. The van der Waals surface area contributed by atoms with Crippen molar-refractivity contribution < 1.29 is 13.9 Å². The van der Waals surface area contributed by atoms with Crippen LogP contribution in [0.3, 0.4) is 0 Å². The molecule has 1 aliphatic rings. The number of carbonyl (C=O) groups is 1. The van der Waals surface area contributed by atoms with Gasteiger partial charge in [-0.3, -0.25) is 4.79 Å². The average molecular weight is 382 g/mol. The number of ether oxygens (including phenoxy) is 1. The van der Waals surface area contributed by atoms with Gasteiger partial charge in [-0.25, -0.2) is 0 Å². The summed E-state index contributed by atoms with van der Waals surface area (Å²) in [5.41, 5.74) is 0. The molecular weight excluding hydrogens is 362 g/mol. The highest BCUT2D eigenvalue weighted by molar-refractivity contribution is 7.99. The Kier molecular flexibility index (Phi) is 6.20. The Morgan fingerprint density at radius 3 is 2.96 bits per heavy atom. The number of amides is 1. The summed E-state index contributed by atoms with van der Waals surface area (Å²) in [6.07, 6.45) is 2.27. The number of nitrogens with zero attached hydrogens (tertiary/aromatic N) is 3. The summed E-state index contributed by atoms with van der Waals surface area (Å²) < 4.78 is 11.1.